The highest BCUT2D eigenvalue weighted by atomic mass is 35.5. The second-order valence-corrected chi connectivity index (χ2v) is 11.6. The fourth-order valence-electron chi connectivity index (χ4n) is 4.67. The Morgan fingerprint density at radius 1 is 1.00 bits per heavy atom. The lowest BCUT2D eigenvalue weighted by atomic mass is 10.1. The lowest BCUT2D eigenvalue weighted by molar-refractivity contribution is -0.116. The molecular weight excluding hydrogens is 596 g/mol. The number of amides is 1. The number of nitrogens with zero attached hydrogens (tertiary/aromatic N) is 4. The third-order valence-electron chi connectivity index (χ3n) is 6.59. The minimum Gasteiger partial charge on any atom is -0.493 e. The van der Waals surface area contributed by atoms with Crippen molar-refractivity contribution < 1.29 is 23.8 Å². The Labute approximate surface area is 265 Å². The zero-order valence-corrected chi connectivity index (χ0v) is 26.6. The lowest BCUT2D eigenvalue weighted by Gasteiger charge is -2.19. The third kappa shape index (κ3) is 7.43. The number of nitrogens with one attached hydrogen (secondary N) is 2. The summed E-state index contributed by atoms with van der Waals surface area (Å²) < 4.78 is 18.2. The molecule has 2 heterocycles. The number of carbonyl (C=O) groups is 2. The van der Waals surface area contributed by atoms with Crippen LogP contribution in [0.25, 0.3) is 33.2 Å². The van der Waals surface area contributed by atoms with Gasteiger partial charge in [0, 0.05) is 40.2 Å². The molecule has 0 bridgehead atoms. The number of aromatic nitrogens is 4. The predicted molar refractivity (Wildman–Crippen MR) is 176 cm³/mol. The number of carbonyl (C=O) groups excluding carboxylic acids is 2. The summed E-state index contributed by atoms with van der Waals surface area (Å²) in [6, 6.07) is 16.5. The number of benzene rings is 3. The third-order valence-corrected chi connectivity index (χ3v) is 6.75. The summed E-state index contributed by atoms with van der Waals surface area (Å²) in [6.45, 7) is 7.66. The number of hydrogen-bond acceptors (Lipinski definition) is 9. The molecule has 1 amide bonds. The number of rotatable bonds is 10. The summed E-state index contributed by atoms with van der Waals surface area (Å²) >= 11 is 5.89. The average molecular weight is 631 g/mol. The van der Waals surface area contributed by atoms with E-state index in [0.29, 0.717) is 75.4 Å². The van der Waals surface area contributed by atoms with Crippen molar-refractivity contribution in [2.45, 2.75) is 46.1 Å². The lowest BCUT2D eigenvalue weighted by Crippen LogP contribution is -2.27. The largest absolute Gasteiger partial charge is 0.493 e. The summed E-state index contributed by atoms with van der Waals surface area (Å²) in [5, 5.41) is 12.0. The Morgan fingerprint density at radius 2 is 1.82 bits per heavy atom. The van der Waals surface area contributed by atoms with E-state index < -0.39 is 11.7 Å². The number of methoxy groups -OCH3 is 1. The normalized spacial score (nSPS) is 11.4. The molecule has 0 aliphatic rings. The smallest absolute Gasteiger partial charge is 0.435 e. The van der Waals surface area contributed by atoms with Crippen LogP contribution in [-0.4, -0.2) is 56.9 Å². The SMILES string of the molecule is CCCC(=O)Nc1cccc(-c2nc(Nc3ccc4c(cnn4C(=O)OC(C)(C)C)c3)c3cc(OCCCl)c(OC)cc3n2)c1. The van der Waals surface area contributed by atoms with Crippen molar-refractivity contribution in [1.82, 2.24) is 19.7 Å². The number of anilines is 3. The zero-order chi connectivity index (χ0) is 32.1. The maximum atomic E-state index is 12.7. The topological polar surface area (TPSA) is 129 Å². The van der Waals surface area contributed by atoms with Crippen LogP contribution in [0.2, 0.25) is 0 Å². The Bertz CT molecular complexity index is 1870. The van der Waals surface area contributed by atoms with Crippen LogP contribution < -0.4 is 20.1 Å². The van der Waals surface area contributed by atoms with Gasteiger partial charge in [-0.15, -0.1) is 11.6 Å². The van der Waals surface area contributed by atoms with E-state index in [1.165, 1.54) is 4.68 Å². The van der Waals surface area contributed by atoms with Gasteiger partial charge in [0.1, 0.15) is 18.0 Å². The van der Waals surface area contributed by atoms with Gasteiger partial charge in [0.2, 0.25) is 5.91 Å². The highest BCUT2D eigenvalue weighted by Crippen LogP contribution is 2.37. The van der Waals surface area contributed by atoms with Crippen molar-refractivity contribution in [3.8, 4) is 22.9 Å². The van der Waals surface area contributed by atoms with E-state index >= 15 is 0 Å². The van der Waals surface area contributed by atoms with Crippen molar-refractivity contribution >= 4 is 62.6 Å². The second kappa shape index (κ2) is 13.4. The van der Waals surface area contributed by atoms with Gasteiger partial charge in [0.25, 0.3) is 0 Å². The number of halogens is 1. The molecule has 2 aromatic heterocycles. The maximum absolute atomic E-state index is 12.7. The molecule has 11 nitrogen and oxygen atoms in total. The molecule has 0 fully saturated rings. The Kier molecular flexibility index (Phi) is 9.38. The van der Waals surface area contributed by atoms with Crippen molar-refractivity contribution in [2.75, 3.05) is 30.2 Å². The summed E-state index contributed by atoms with van der Waals surface area (Å²) in [5.74, 6) is 2.19. The molecule has 45 heavy (non-hydrogen) atoms. The van der Waals surface area contributed by atoms with E-state index in [0.717, 1.165) is 11.8 Å². The van der Waals surface area contributed by atoms with Gasteiger partial charge in [-0.1, -0.05) is 19.1 Å². The second-order valence-electron chi connectivity index (χ2n) is 11.3. The van der Waals surface area contributed by atoms with E-state index in [9.17, 15) is 9.59 Å². The number of alkyl halides is 1. The molecule has 0 radical (unpaired) electrons. The predicted octanol–water partition coefficient (Wildman–Crippen LogP) is 7.54. The quantitative estimate of drug-likeness (QED) is 0.150. The standard InChI is InChI=1S/C33H35ClN6O5/c1-6-8-29(41)36-22-10-7-9-20(15-22)30-38-25-18-27(43-5)28(44-14-13-34)17-24(25)31(39-30)37-23-11-12-26-21(16-23)19-35-40(26)32(42)45-33(2,3)4/h7,9-12,15-19H,6,8,13-14H2,1-5H3,(H,36,41)(H,37,38,39). The van der Waals surface area contributed by atoms with Gasteiger partial charge in [0.15, 0.2) is 17.3 Å². The Hall–Kier alpha value is -4.90. The molecular formula is C33H35ClN6O5. The highest BCUT2D eigenvalue weighted by molar-refractivity contribution is 6.18. The molecule has 0 saturated heterocycles. The van der Waals surface area contributed by atoms with E-state index in [4.69, 9.17) is 35.8 Å². The van der Waals surface area contributed by atoms with Gasteiger partial charge in [-0.2, -0.15) is 9.78 Å². The number of hydrogen-bond donors (Lipinski definition) is 2. The molecule has 3 aromatic carbocycles. The summed E-state index contributed by atoms with van der Waals surface area (Å²) in [4.78, 5) is 34.7. The fraction of sp³-hybridized carbons (Fsp3) is 0.303. The molecule has 2 N–H and O–H groups in total. The number of ether oxygens (including phenoxy) is 3. The molecule has 234 valence electrons. The first-order valence-electron chi connectivity index (χ1n) is 14.6. The Balaban J connectivity index is 1.57. The molecule has 0 unspecified atom stereocenters. The monoisotopic (exact) mass is 630 g/mol. The van der Waals surface area contributed by atoms with Gasteiger partial charge in [-0.3, -0.25) is 4.79 Å². The van der Waals surface area contributed by atoms with Gasteiger partial charge in [-0.25, -0.2) is 14.8 Å². The van der Waals surface area contributed by atoms with Crippen molar-refractivity contribution in [1.29, 1.82) is 0 Å². The van der Waals surface area contributed by atoms with Crippen LogP contribution in [0.15, 0.2) is 60.8 Å². The maximum Gasteiger partial charge on any atom is 0.435 e. The van der Waals surface area contributed by atoms with Crippen molar-refractivity contribution in [3.63, 3.8) is 0 Å². The van der Waals surface area contributed by atoms with Crippen LogP contribution in [0.5, 0.6) is 11.5 Å². The molecule has 12 heteroatoms. The van der Waals surface area contributed by atoms with Crippen LogP contribution in [0.3, 0.4) is 0 Å². The first kappa shape index (κ1) is 31.5. The van der Waals surface area contributed by atoms with E-state index in [-0.39, 0.29) is 5.91 Å². The molecule has 5 aromatic rings. The molecule has 0 aliphatic carbocycles. The van der Waals surface area contributed by atoms with Crippen molar-refractivity contribution in [2.24, 2.45) is 0 Å². The minimum absolute atomic E-state index is 0.0592. The van der Waals surface area contributed by atoms with E-state index in [1.807, 2.05) is 49.4 Å². The molecule has 0 aliphatic heterocycles. The first-order chi connectivity index (χ1) is 21.6. The first-order valence-corrected chi connectivity index (χ1v) is 15.1. The molecule has 0 spiro atoms. The summed E-state index contributed by atoms with van der Waals surface area (Å²) in [5.41, 5.74) is 2.63. The van der Waals surface area contributed by atoms with E-state index in [1.54, 1.807) is 46.2 Å². The average Bonchev–Trinajstić information content (AvgIpc) is 3.42. The number of fused-ring (bicyclic) bond motifs is 2. The zero-order valence-electron chi connectivity index (χ0n) is 25.8. The van der Waals surface area contributed by atoms with Crippen LogP contribution in [0, 0.1) is 0 Å². The summed E-state index contributed by atoms with van der Waals surface area (Å²) in [6.07, 6.45) is 2.23. The molecule has 0 saturated carbocycles. The van der Waals surface area contributed by atoms with E-state index in [2.05, 4.69) is 15.7 Å². The summed E-state index contributed by atoms with van der Waals surface area (Å²) in [7, 11) is 1.56. The minimum atomic E-state index is -0.655. The van der Waals surface area contributed by atoms with Crippen LogP contribution in [0.1, 0.15) is 40.5 Å². The van der Waals surface area contributed by atoms with Crippen LogP contribution in [0.4, 0.5) is 22.0 Å². The van der Waals surface area contributed by atoms with Crippen LogP contribution >= 0.6 is 11.6 Å². The fourth-order valence-corrected chi connectivity index (χ4v) is 4.74. The van der Waals surface area contributed by atoms with Gasteiger partial charge >= 0.3 is 6.09 Å². The molecule has 5 rings (SSSR count). The van der Waals surface area contributed by atoms with Gasteiger partial charge in [-0.05, 0) is 63.6 Å². The van der Waals surface area contributed by atoms with Gasteiger partial charge in [0.05, 0.1) is 30.2 Å². The Morgan fingerprint density at radius 3 is 2.56 bits per heavy atom. The highest BCUT2D eigenvalue weighted by Gasteiger charge is 2.21. The van der Waals surface area contributed by atoms with Crippen molar-refractivity contribution in [3.05, 3.63) is 60.8 Å². The van der Waals surface area contributed by atoms with Crippen LogP contribution in [-0.2, 0) is 9.53 Å². The molecule has 0 atom stereocenters. The van der Waals surface area contributed by atoms with Gasteiger partial charge < -0.3 is 24.8 Å².